The van der Waals surface area contributed by atoms with Gasteiger partial charge in [-0.2, -0.15) is 0 Å². The Morgan fingerprint density at radius 2 is 1.95 bits per heavy atom. The Morgan fingerprint density at radius 1 is 1.26 bits per heavy atom. The van der Waals surface area contributed by atoms with Gasteiger partial charge in [0.15, 0.2) is 0 Å². The fourth-order valence-electron chi connectivity index (χ4n) is 1.99. The minimum absolute atomic E-state index is 0.0932. The second-order valence-electron chi connectivity index (χ2n) is 5.47. The van der Waals surface area contributed by atoms with Crippen LogP contribution in [-0.4, -0.2) is 17.6 Å². The van der Waals surface area contributed by atoms with Crippen molar-refractivity contribution in [3.8, 4) is 5.75 Å². The van der Waals surface area contributed by atoms with Crippen molar-refractivity contribution in [2.75, 3.05) is 0 Å². The molecule has 1 aliphatic heterocycles. The Labute approximate surface area is 113 Å². The lowest BCUT2D eigenvalue weighted by Crippen LogP contribution is -2.38. The predicted octanol–water partition coefficient (Wildman–Crippen LogP) is 2.27. The van der Waals surface area contributed by atoms with E-state index >= 15 is 0 Å². The minimum Gasteiger partial charge on any atom is -0.490 e. The third kappa shape index (κ3) is 2.96. The van der Waals surface area contributed by atoms with Crippen molar-refractivity contribution in [2.45, 2.75) is 39.3 Å². The van der Waals surface area contributed by atoms with Crippen LogP contribution in [0, 0.1) is 0 Å². The molecular formula is C15H20N2O2. The largest absolute Gasteiger partial charge is 0.490 e. The first-order chi connectivity index (χ1) is 8.90. The van der Waals surface area contributed by atoms with E-state index in [2.05, 4.69) is 10.9 Å². The van der Waals surface area contributed by atoms with Crippen LogP contribution in [-0.2, 0) is 4.79 Å². The maximum Gasteiger partial charge on any atom is 0.263 e. The Hall–Kier alpha value is -1.81. The van der Waals surface area contributed by atoms with E-state index < -0.39 is 0 Å². The molecule has 0 aromatic heterocycles. The van der Waals surface area contributed by atoms with Crippen molar-refractivity contribution in [2.24, 2.45) is 0 Å². The first-order valence-electron chi connectivity index (χ1n) is 6.45. The predicted molar refractivity (Wildman–Crippen MR) is 75.5 cm³/mol. The van der Waals surface area contributed by atoms with Gasteiger partial charge in [0, 0.05) is 11.1 Å². The van der Waals surface area contributed by atoms with E-state index in [9.17, 15) is 4.79 Å². The second-order valence-corrected chi connectivity index (χ2v) is 5.47. The van der Waals surface area contributed by atoms with Crippen LogP contribution >= 0.6 is 0 Å². The quantitative estimate of drug-likeness (QED) is 0.820. The van der Waals surface area contributed by atoms with Gasteiger partial charge in [-0.25, -0.2) is 5.43 Å². The van der Waals surface area contributed by atoms with Crippen LogP contribution in [0.2, 0.25) is 0 Å². The second kappa shape index (κ2) is 5.05. The van der Waals surface area contributed by atoms with Gasteiger partial charge in [-0.05, 0) is 39.8 Å². The first-order valence-corrected chi connectivity index (χ1v) is 6.45. The summed E-state index contributed by atoms with van der Waals surface area (Å²) < 4.78 is 5.76. The molecule has 1 aromatic rings. The third-order valence-electron chi connectivity index (χ3n) is 2.99. The number of amides is 1. The fraction of sp³-hybridized carbons (Fsp3) is 0.400. The highest BCUT2D eigenvalue weighted by Crippen LogP contribution is 2.27. The normalized spacial score (nSPS) is 19.8. The van der Waals surface area contributed by atoms with Crippen molar-refractivity contribution in [3.05, 3.63) is 35.4 Å². The summed E-state index contributed by atoms with van der Waals surface area (Å²) in [7, 11) is 0. The zero-order valence-electron chi connectivity index (χ0n) is 11.8. The van der Waals surface area contributed by atoms with E-state index in [1.807, 2.05) is 58.0 Å². The topological polar surface area (TPSA) is 50.4 Å². The molecule has 4 heteroatoms. The summed E-state index contributed by atoms with van der Waals surface area (Å²) in [5, 5.41) is 0. The summed E-state index contributed by atoms with van der Waals surface area (Å²) in [5.41, 5.74) is 6.84. The zero-order valence-corrected chi connectivity index (χ0v) is 11.8. The number of ether oxygens (including phenoxy) is 1. The van der Waals surface area contributed by atoms with Gasteiger partial charge in [-0.15, -0.1) is 0 Å². The maximum absolute atomic E-state index is 11.8. The van der Waals surface area contributed by atoms with Gasteiger partial charge >= 0.3 is 0 Å². The molecule has 0 spiro atoms. The Balaban J connectivity index is 2.40. The molecule has 1 amide bonds. The molecule has 0 aliphatic carbocycles. The van der Waals surface area contributed by atoms with E-state index in [0.29, 0.717) is 5.57 Å². The van der Waals surface area contributed by atoms with Gasteiger partial charge in [0.05, 0.1) is 11.6 Å². The fourth-order valence-corrected chi connectivity index (χ4v) is 1.99. The van der Waals surface area contributed by atoms with Gasteiger partial charge in [-0.3, -0.25) is 10.2 Å². The van der Waals surface area contributed by atoms with Crippen LogP contribution in [0.5, 0.6) is 5.75 Å². The van der Waals surface area contributed by atoms with Crippen LogP contribution in [0.4, 0.5) is 0 Å². The van der Waals surface area contributed by atoms with E-state index in [1.54, 1.807) is 0 Å². The van der Waals surface area contributed by atoms with E-state index in [-0.39, 0.29) is 17.6 Å². The molecule has 4 nitrogen and oxygen atoms in total. The summed E-state index contributed by atoms with van der Waals surface area (Å²) in [4.78, 5) is 11.8. The molecule has 0 saturated carbocycles. The number of para-hydroxylation sites is 1. The number of hydrogen-bond acceptors (Lipinski definition) is 3. The van der Waals surface area contributed by atoms with Crippen LogP contribution in [0.25, 0.3) is 6.08 Å². The van der Waals surface area contributed by atoms with Gasteiger partial charge in [0.25, 0.3) is 5.91 Å². The summed E-state index contributed by atoms with van der Waals surface area (Å²) in [6.07, 6.45) is 1.98. The van der Waals surface area contributed by atoms with Gasteiger partial charge < -0.3 is 4.74 Å². The van der Waals surface area contributed by atoms with Gasteiger partial charge in [0.2, 0.25) is 0 Å². The number of carbonyl (C=O) groups is 1. The summed E-state index contributed by atoms with van der Waals surface area (Å²) in [5.74, 6) is 0.699. The summed E-state index contributed by atoms with van der Waals surface area (Å²) in [6, 6.07) is 7.73. The Bertz CT molecular complexity index is 519. The van der Waals surface area contributed by atoms with Crippen molar-refractivity contribution < 1.29 is 9.53 Å². The van der Waals surface area contributed by atoms with Gasteiger partial charge in [-0.1, -0.05) is 18.2 Å². The standard InChI is InChI=1S/C15H20N2O2/c1-10(2)19-13-8-6-5-7-11(13)9-12-14(18)16-17-15(12,3)4/h5-10,17H,1-4H3,(H,16,18)/b12-9+. The summed E-state index contributed by atoms with van der Waals surface area (Å²) in [6.45, 7) is 7.89. The van der Waals surface area contributed by atoms with Crippen LogP contribution in [0.1, 0.15) is 33.3 Å². The monoisotopic (exact) mass is 260 g/mol. The molecule has 1 fully saturated rings. The van der Waals surface area contributed by atoms with Crippen LogP contribution in [0.15, 0.2) is 29.8 Å². The highest BCUT2D eigenvalue weighted by Gasteiger charge is 2.35. The molecule has 102 valence electrons. The molecule has 0 bridgehead atoms. The average molecular weight is 260 g/mol. The SMILES string of the molecule is CC(C)Oc1ccccc1/C=C1\C(=O)NNC1(C)C. The van der Waals surface area contributed by atoms with Crippen LogP contribution in [0.3, 0.4) is 0 Å². The molecule has 1 aromatic carbocycles. The smallest absolute Gasteiger partial charge is 0.263 e. The lowest BCUT2D eigenvalue weighted by atomic mass is 9.94. The number of benzene rings is 1. The zero-order chi connectivity index (χ0) is 14.0. The molecule has 19 heavy (non-hydrogen) atoms. The molecule has 1 saturated heterocycles. The molecular weight excluding hydrogens is 240 g/mol. The number of rotatable bonds is 3. The number of carbonyl (C=O) groups excluding carboxylic acids is 1. The molecule has 0 radical (unpaired) electrons. The molecule has 0 atom stereocenters. The van der Waals surface area contributed by atoms with E-state index in [1.165, 1.54) is 0 Å². The lowest BCUT2D eigenvalue weighted by molar-refractivity contribution is -0.116. The maximum atomic E-state index is 11.8. The minimum atomic E-state index is -0.387. The lowest BCUT2D eigenvalue weighted by Gasteiger charge is -2.18. The van der Waals surface area contributed by atoms with Crippen molar-refractivity contribution in [1.29, 1.82) is 0 Å². The molecule has 2 N–H and O–H groups in total. The third-order valence-corrected chi connectivity index (χ3v) is 2.99. The molecule has 0 unspecified atom stereocenters. The highest BCUT2D eigenvalue weighted by atomic mass is 16.5. The average Bonchev–Trinajstić information content (AvgIpc) is 2.58. The van der Waals surface area contributed by atoms with Crippen LogP contribution < -0.4 is 15.6 Å². The highest BCUT2D eigenvalue weighted by molar-refractivity contribution is 6.02. The number of hydrogen-bond donors (Lipinski definition) is 2. The van der Waals surface area contributed by atoms with Gasteiger partial charge in [0.1, 0.15) is 5.75 Å². The number of nitrogens with one attached hydrogen (secondary N) is 2. The van der Waals surface area contributed by atoms with Crippen molar-refractivity contribution >= 4 is 12.0 Å². The molecule has 2 rings (SSSR count). The van der Waals surface area contributed by atoms with Crippen molar-refractivity contribution in [3.63, 3.8) is 0 Å². The van der Waals surface area contributed by atoms with E-state index in [4.69, 9.17) is 4.74 Å². The Morgan fingerprint density at radius 3 is 2.53 bits per heavy atom. The molecule has 1 aliphatic rings. The Kier molecular flexibility index (Phi) is 3.62. The van der Waals surface area contributed by atoms with E-state index in [0.717, 1.165) is 11.3 Å². The molecule has 1 heterocycles. The van der Waals surface area contributed by atoms with Crippen molar-refractivity contribution in [1.82, 2.24) is 10.9 Å². The first kappa shape index (κ1) is 13.6. The number of hydrazine groups is 1. The summed E-state index contributed by atoms with van der Waals surface area (Å²) >= 11 is 0.